The number of nitrogens with one attached hydrogen (secondary N) is 1. The number of unbranched alkanes of at least 4 members (excludes halogenated alkanes) is 1. The molecule has 0 amide bonds. The van der Waals surface area contributed by atoms with E-state index in [2.05, 4.69) is 17.1 Å². The van der Waals surface area contributed by atoms with Crippen molar-refractivity contribution in [2.45, 2.75) is 45.4 Å². The average Bonchev–Trinajstić information content (AvgIpc) is 2.74. The summed E-state index contributed by atoms with van der Waals surface area (Å²) >= 11 is 0. The Morgan fingerprint density at radius 3 is 2.73 bits per heavy atom. The zero-order valence-corrected chi connectivity index (χ0v) is 17.8. The van der Waals surface area contributed by atoms with Crippen LogP contribution in [0, 0.1) is 5.82 Å². The van der Waals surface area contributed by atoms with E-state index in [4.69, 9.17) is 9.73 Å². The standard InChI is InChI=1S/C23H31FN4O2/c1-3-25-23(26-13-5-7-15-27-14-6-4-8-22(27)29)28-16-18(2)30-21(17-28)19-9-11-20(24)12-10-19/h4,6,8-12,14,18,21H,3,5,7,13,15-17H2,1-2H3,(H,25,26). The maximum Gasteiger partial charge on any atom is 0.250 e. The smallest absolute Gasteiger partial charge is 0.250 e. The molecule has 3 rings (SSSR count). The van der Waals surface area contributed by atoms with E-state index in [0.717, 1.165) is 37.5 Å². The first-order chi connectivity index (χ1) is 14.6. The molecule has 0 aliphatic carbocycles. The molecule has 1 aromatic heterocycles. The van der Waals surface area contributed by atoms with Gasteiger partial charge in [0.15, 0.2) is 5.96 Å². The highest BCUT2D eigenvalue weighted by Gasteiger charge is 2.28. The summed E-state index contributed by atoms with van der Waals surface area (Å²) in [6.07, 6.45) is 3.54. The van der Waals surface area contributed by atoms with Crippen LogP contribution in [-0.2, 0) is 11.3 Å². The van der Waals surface area contributed by atoms with Crippen LogP contribution in [0.4, 0.5) is 4.39 Å². The van der Waals surface area contributed by atoms with Gasteiger partial charge < -0.3 is 19.5 Å². The molecule has 162 valence electrons. The Morgan fingerprint density at radius 2 is 2.00 bits per heavy atom. The van der Waals surface area contributed by atoms with Crippen LogP contribution in [0.5, 0.6) is 0 Å². The Hall–Kier alpha value is -2.67. The summed E-state index contributed by atoms with van der Waals surface area (Å²) in [6.45, 7) is 7.70. The minimum Gasteiger partial charge on any atom is -0.367 e. The monoisotopic (exact) mass is 414 g/mol. The number of aromatic nitrogens is 1. The number of ether oxygens (including phenoxy) is 1. The van der Waals surface area contributed by atoms with Gasteiger partial charge in [-0.25, -0.2) is 4.39 Å². The third-order valence-electron chi connectivity index (χ3n) is 5.10. The minimum absolute atomic E-state index is 0.0310. The lowest BCUT2D eigenvalue weighted by atomic mass is 10.1. The van der Waals surface area contributed by atoms with Crippen molar-refractivity contribution in [2.75, 3.05) is 26.2 Å². The Morgan fingerprint density at radius 1 is 1.20 bits per heavy atom. The van der Waals surface area contributed by atoms with Crippen LogP contribution < -0.4 is 10.9 Å². The first-order valence-corrected chi connectivity index (χ1v) is 10.7. The number of guanidine groups is 1. The summed E-state index contributed by atoms with van der Waals surface area (Å²) in [7, 11) is 0. The van der Waals surface area contributed by atoms with Gasteiger partial charge in [0, 0.05) is 38.4 Å². The van der Waals surface area contributed by atoms with E-state index in [1.165, 1.54) is 12.1 Å². The number of hydrogen-bond donors (Lipinski definition) is 1. The Bertz CT molecular complexity index is 881. The summed E-state index contributed by atoms with van der Waals surface area (Å²) in [5.74, 6) is 0.628. The second kappa shape index (κ2) is 10.9. The van der Waals surface area contributed by atoms with Gasteiger partial charge >= 0.3 is 0 Å². The van der Waals surface area contributed by atoms with Gasteiger partial charge in [0.25, 0.3) is 0 Å². The number of rotatable bonds is 7. The van der Waals surface area contributed by atoms with Crippen LogP contribution >= 0.6 is 0 Å². The molecule has 1 aromatic carbocycles. The molecule has 1 aliphatic heterocycles. The first-order valence-electron chi connectivity index (χ1n) is 10.7. The molecule has 1 saturated heterocycles. The van der Waals surface area contributed by atoms with Crippen molar-refractivity contribution in [1.82, 2.24) is 14.8 Å². The summed E-state index contributed by atoms with van der Waals surface area (Å²) < 4.78 is 21.1. The zero-order chi connectivity index (χ0) is 21.3. The Kier molecular flexibility index (Phi) is 8.02. The SMILES string of the molecule is CCNC(=NCCCCn1ccccc1=O)N1CC(C)OC(c2ccc(F)cc2)C1. The molecule has 1 N–H and O–H groups in total. The van der Waals surface area contributed by atoms with E-state index in [1.54, 1.807) is 28.8 Å². The highest BCUT2D eigenvalue weighted by Crippen LogP contribution is 2.25. The van der Waals surface area contributed by atoms with Crippen LogP contribution in [0.3, 0.4) is 0 Å². The predicted molar refractivity (Wildman–Crippen MR) is 117 cm³/mol. The minimum atomic E-state index is -0.243. The van der Waals surface area contributed by atoms with Crippen molar-refractivity contribution in [1.29, 1.82) is 0 Å². The first kappa shape index (κ1) is 22.0. The molecule has 7 heteroatoms. The van der Waals surface area contributed by atoms with Gasteiger partial charge in [-0.2, -0.15) is 0 Å². The molecule has 2 unspecified atom stereocenters. The molecule has 0 bridgehead atoms. The fourth-order valence-electron chi connectivity index (χ4n) is 3.64. The number of nitrogens with zero attached hydrogens (tertiary/aromatic N) is 3. The number of morpholine rings is 1. The topological polar surface area (TPSA) is 58.9 Å². The quantitative estimate of drug-likeness (QED) is 0.429. The molecule has 0 saturated carbocycles. The fourth-order valence-corrected chi connectivity index (χ4v) is 3.64. The van der Waals surface area contributed by atoms with Crippen molar-refractivity contribution < 1.29 is 9.13 Å². The van der Waals surface area contributed by atoms with Gasteiger partial charge in [0.1, 0.15) is 11.9 Å². The zero-order valence-electron chi connectivity index (χ0n) is 17.8. The van der Waals surface area contributed by atoms with Crippen LogP contribution in [0.1, 0.15) is 38.4 Å². The van der Waals surface area contributed by atoms with Crippen molar-refractivity contribution >= 4 is 5.96 Å². The Labute approximate surface area is 177 Å². The Balaban J connectivity index is 1.58. The molecule has 1 aliphatic rings. The molecule has 1 fully saturated rings. The lowest BCUT2D eigenvalue weighted by molar-refractivity contribution is -0.0605. The van der Waals surface area contributed by atoms with Crippen molar-refractivity contribution in [3.63, 3.8) is 0 Å². The molecule has 0 spiro atoms. The average molecular weight is 415 g/mol. The molecule has 0 radical (unpaired) electrons. The van der Waals surface area contributed by atoms with Gasteiger partial charge in [0.2, 0.25) is 5.56 Å². The van der Waals surface area contributed by atoms with Crippen LogP contribution in [-0.4, -0.2) is 47.7 Å². The largest absolute Gasteiger partial charge is 0.367 e. The summed E-state index contributed by atoms with van der Waals surface area (Å²) in [6, 6.07) is 11.7. The molecule has 6 nitrogen and oxygen atoms in total. The number of halogens is 1. The fraction of sp³-hybridized carbons (Fsp3) is 0.478. The number of benzene rings is 1. The van der Waals surface area contributed by atoms with Crippen LogP contribution in [0.25, 0.3) is 0 Å². The summed E-state index contributed by atoms with van der Waals surface area (Å²) in [5, 5.41) is 3.38. The van der Waals surface area contributed by atoms with Gasteiger partial charge in [-0.05, 0) is 50.5 Å². The number of pyridine rings is 1. The number of hydrogen-bond acceptors (Lipinski definition) is 3. The van der Waals surface area contributed by atoms with Crippen molar-refractivity contribution in [3.8, 4) is 0 Å². The van der Waals surface area contributed by atoms with E-state index in [-0.39, 0.29) is 23.6 Å². The second-order valence-corrected chi connectivity index (χ2v) is 7.57. The molecule has 2 heterocycles. The molecular weight excluding hydrogens is 383 g/mol. The summed E-state index contributed by atoms with van der Waals surface area (Å²) in [4.78, 5) is 18.8. The molecule has 2 aromatic rings. The third kappa shape index (κ3) is 6.16. The van der Waals surface area contributed by atoms with Crippen molar-refractivity contribution in [3.05, 3.63) is 70.4 Å². The predicted octanol–water partition coefficient (Wildman–Crippen LogP) is 3.20. The van der Waals surface area contributed by atoms with Crippen molar-refractivity contribution in [2.24, 2.45) is 4.99 Å². The molecular formula is C23H31FN4O2. The molecule has 2 atom stereocenters. The summed E-state index contributed by atoms with van der Waals surface area (Å²) in [5.41, 5.74) is 1.00. The van der Waals surface area contributed by atoms with Gasteiger partial charge in [-0.3, -0.25) is 9.79 Å². The van der Waals surface area contributed by atoms with E-state index in [1.807, 2.05) is 19.2 Å². The van der Waals surface area contributed by atoms with Gasteiger partial charge in [0.05, 0.1) is 12.6 Å². The van der Waals surface area contributed by atoms with Crippen LogP contribution in [0.15, 0.2) is 58.4 Å². The highest BCUT2D eigenvalue weighted by molar-refractivity contribution is 5.80. The van der Waals surface area contributed by atoms with E-state index < -0.39 is 0 Å². The number of aliphatic imine (C=N–C) groups is 1. The van der Waals surface area contributed by atoms with Gasteiger partial charge in [-0.15, -0.1) is 0 Å². The second-order valence-electron chi connectivity index (χ2n) is 7.57. The maximum atomic E-state index is 13.3. The van der Waals surface area contributed by atoms with E-state index in [0.29, 0.717) is 19.6 Å². The third-order valence-corrected chi connectivity index (χ3v) is 5.10. The highest BCUT2D eigenvalue weighted by atomic mass is 19.1. The molecule has 30 heavy (non-hydrogen) atoms. The lowest BCUT2D eigenvalue weighted by Crippen LogP contribution is -2.50. The van der Waals surface area contributed by atoms with Crippen LogP contribution in [0.2, 0.25) is 0 Å². The van der Waals surface area contributed by atoms with E-state index in [9.17, 15) is 9.18 Å². The van der Waals surface area contributed by atoms with Gasteiger partial charge in [-0.1, -0.05) is 18.2 Å². The van der Waals surface area contributed by atoms with E-state index >= 15 is 0 Å². The lowest BCUT2D eigenvalue weighted by Gasteiger charge is -2.38. The normalized spacial score (nSPS) is 19.7. The number of aryl methyl sites for hydroxylation is 1. The maximum absolute atomic E-state index is 13.3.